The molecule has 2 aromatic carbocycles. The van der Waals surface area contributed by atoms with E-state index in [1.807, 2.05) is 18.2 Å². The van der Waals surface area contributed by atoms with E-state index in [4.69, 9.17) is 0 Å². The molecule has 4 rings (SSSR count). The van der Waals surface area contributed by atoms with Crippen LogP contribution in [0.25, 0.3) is 0 Å². The van der Waals surface area contributed by atoms with Gasteiger partial charge in [0.2, 0.25) is 0 Å². The Balaban J connectivity index is 1.52. The van der Waals surface area contributed by atoms with E-state index in [0.717, 1.165) is 24.1 Å². The van der Waals surface area contributed by atoms with Gasteiger partial charge in [-0.05, 0) is 35.7 Å². The summed E-state index contributed by atoms with van der Waals surface area (Å²) >= 11 is 0. The number of rotatable bonds is 3. The molecule has 0 atom stereocenters. The first-order valence-corrected chi connectivity index (χ1v) is 8.63. The average molecular weight is 365 g/mol. The van der Waals surface area contributed by atoms with Crippen LogP contribution >= 0.6 is 0 Å². The number of hydrogen-bond donors (Lipinski definition) is 1. The van der Waals surface area contributed by atoms with Gasteiger partial charge in [-0.3, -0.25) is 9.78 Å². The van der Waals surface area contributed by atoms with Crippen LogP contribution in [0.3, 0.4) is 0 Å². The molecule has 0 spiro atoms. The van der Waals surface area contributed by atoms with E-state index in [1.165, 1.54) is 24.0 Å². The molecule has 0 saturated heterocycles. The molecular formula is C21H17F2N3O. The van der Waals surface area contributed by atoms with Gasteiger partial charge in [0, 0.05) is 31.0 Å². The third-order valence-electron chi connectivity index (χ3n) is 4.61. The fourth-order valence-corrected chi connectivity index (χ4v) is 3.22. The predicted octanol–water partition coefficient (Wildman–Crippen LogP) is 4.30. The number of benzene rings is 2. The van der Waals surface area contributed by atoms with Gasteiger partial charge in [0.15, 0.2) is 11.6 Å². The Hall–Kier alpha value is -3.28. The lowest BCUT2D eigenvalue weighted by Crippen LogP contribution is -2.36. The SMILES string of the molecule is O=C(c1cncc(Nc2ccc(F)c(F)c2)c1)N1CCc2ccccc2C1. The highest BCUT2D eigenvalue weighted by molar-refractivity contribution is 5.95. The molecule has 0 bridgehead atoms. The normalized spacial score (nSPS) is 13.2. The van der Waals surface area contributed by atoms with Crippen molar-refractivity contribution in [1.29, 1.82) is 0 Å². The second-order valence-corrected chi connectivity index (χ2v) is 6.46. The standard InChI is InChI=1S/C21H17F2N3O/c22-19-6-5-17(10-20(19)23)25-18-9-16(11-24-12-18)21(27)26-8-7-14-3-1-2-4-15(14)13-26/h1-6,9-12,25H,7-8,13H2. The number of aromatic nitrogens is 1. The van der Waals surface area contributed by atoms with E-state index in [-0.39, 0.29) is 5.91 Å². The number of carbonyl (C=O) groups is 1. The molecule has 4 nitrogen and oxygen atoms in total. The summed E-state index contributed by atoms with van der Waals surface area (Å²) in [5.41, 5.74) is 3.79. The van der Waals surface area contributed by atoms with Crippen LogP contribution in [0, 0.1) is 11.6 Å². The van der Waals surface area contributed by atoms with E-state index in [2.05, 4.69) is 16.4 Å². The van der Waals surface area contributed by atoms with Crippen LogP contribution in [0.5, 0.6) is 0 Å². The molecule has 6 heteroatoms. The lowest BCUT2D eigenvalue weighted by atomic mass is 9.99. The Kier molecular flexibility index (Phi) is 4.54. The second kappa shape index (κ2) is 7.15. The highest BCUT2D eigenvalue weighted by Gasteiger charge is 2.22. The van der Waals surface area contributed by atoms with Crippen LogP contribution in [0.1, 0.15) is 21.5 Å². The number of hydrogen-bond acceptors (Lipinski definition) is 3. The molecular weight excluding hydrogens is 348 g/mol. The van der Waals surface area contributed by atoms with Crippen molar-refractivity contribution >= 4 is 17.3 Å². The zero-order valence-electron chi connectivity index (χ0n) is 14.5. The van der Waals surface area contributed by atoms with Crippen LogP contribution in [-0.4, -0.2) is 22.3 Å². The molecule has 0 radical (unpaired) electrons. The molecule has 27 heavy (non-hydrogen) atoms. The molecule has 0 unspecified atom stereocenters. The molecule has 1 aliphatic rings. The lowest BCUT2D eigenvalue weighted by Gasteiger charge is -2.29. The van der Waals surface area contributed by atoms with Crippen molar-refractivity contribution in [2.24, 2.45) is 0 Å². The van der Waals surface area contributed by atoms with Crippen molar-refractivity contribution < 1.29 is 13.6 Å². The third-order valence-corrected chi connectivity index (χ3v) is 4.61. The summed E-state index contributed by atoms with van der Waals surface area (Å²) in [6.45, 7) is 1.21. The first kappa shape index (κ1) is 17.1. The molecule has 1 amide bonds. The quantitative estimate of drug-likeness (QED) is 0.753. The van der Waals surface area contributed by atoms with Crippen LogP contribution < -0.4 is 5.32 Å². The minimum absolute atomic E-state index is 0.106. The number of halogens is 2. The summed E-state index contributed by atoms with van der Waals surface area (Å²) in [6, 6.07) is 13.3. The van der Waals surface area contributed by atoms with E-state index in [1.54, 1.807) is 11.0 Å². The van der Waals surface area contributed by atoms with Crippen molar-refractivity contribution in [1.82, 2.24) is 9.88 Å². The zero-order chi connectivity index (χ0) is 18.8. The summed E-state index contributed by atoms with van der Waals surface area (Å²) in [5, 5.41) is 2.95. The molecule has 3 aromatic rings. The Morgan fingerprint density at radius 2 is 1.78 bits per heavy atom. The molecule has 136 valence electrons. The Labute approximate surface area is 155 Å². The van der Waals surface area contributed by atoms with Crippen LogP contribution in [0.4, 0.5) is 20.2 Å². The Morgan fingerprint density at radius 1 is 0.963 bits per heavy atom. The highest BCUT2D eigenvalue weighted by atomic mass is 19.2. The van der Waals surface area contributed by atoms with Crippen molar-refractivity contribution in [2.75, 3.05) is 11.9 Å². The van der Waals surface area contributed by atoms with Crippen molar-refractivity contribution in [2.45, 2.75) is 13.0 Å². The van der Waals surface area contributed by atoms with Crippen molar-refractivity contribution in [3.8, 4) is 0 Å². The number of amides is 1. The summed E-state index contributed by atoms with van der Waals surface area (Å²) < 4.78 is 26.4. The molecule has 0 saturated carbocycles. The van der Waals surface area contributed by atoms with Crippen LogP contribution in [-0.2, 0) is 13.0 Å². The number of nitrogens with one attached hydrogen (secondary N) is 1. The maximum absolute atomic E-state index is 13.4. The molecule has 0 fully saturated rings. The minimum Gasteiger partial charge on any atom is -0.354 e. The number of fused-ring (bicyclic) bond motifs is 1. The minimum atomic E-state index is -0.938. The number of carbonyl (C=O) groups excluding carboxylic acids is 1. The van der Waals surface area contributed by atoms with Gasteiger partial charge in [0.1, 0.15) is 0 Å². The van der Waals surface area contributed by atoms with Crippen LogP contribution in [0.15, 0.2) is 60.9 Å². The van der Waals surface area contributed by atoms with Gasteiger partial charge in [-0.15, -0.1) is 0 Å². The summed E-state index contributed by atoms with van der Waals surface area (Å²) in [7, 11) is 0. The molecule has 1 aliphatic heterocycles. The lowest BCUT2D eigenvalue weighted by molar-refractivity contribution is 0.0734. The zero-order valence-corrected chi connectivity index (χ0v) is 14.5. The van der Waals surface area contributed by atoms with Gasteiger partial charge in [-0.2, -0.15) is 0 Å². The molecule has 2 heterocycles. The maximum Gasteiger partial charge on any atom is 0.255 e. The molecule has 1 aromatic heterocycles. The summed E-state index contributed by atoms with van der Waals surface area (Å²) in [4.78, 5) is 18.8. The van der Waals surface area contributed by atoms with Gasteiger partial charge >= 0.3 is 0 Å². The van der Waals surface area contributed by atoms with Gasteiger partial charge in [-0.1, -0.05) is 24.3 Å². The first-order valence-electron chi connectivity index (χ1n) is 8.63. The van der Waals surface area contributed by atoms with Gasteiger partial charge in [0.05, 0.1) is 17.4 Å². The second-order valence-electron chi connectivity index (χ2n) is 6.46. The highest BCUT2D eigenvalue weighted by Crippen LogP contribution is 2.22. The topological polar surface area (TPSA) is 45.2 Å². The maximum atomic E-state index is 13.4. The van der Waals surface area contributed by atoms with Crippen molar-refractivity contribution in [3.63, 3.8) is 0 Å². The average Bonchev–Trinajstić information content (AvgIpc) is 2.70. The summed E-state index contributed by atoms with van der Waals surface area (Å²) in [5.74, 6) is -1.95. The van der Waals surface area contributed by atoms with E-state index >= 15 is 0 Å². The predicted molar refractivity (Wildman–Crippen MR) is 98.8 cm³/mol. The fraction of sp³-hybridized carbons (Fsp3) is 0.143. The summed E-state index contributed by atoms with van der Waals surface area (Å²) in [6.07, 6.45) is 3.87. The third kappa shape index (κ3) is 3.65. The molecule has 0 aliphatic carbocycles. The van der Waals surface area contributed by atoms with E-state index < -0.39 is 11.6 Å². The largest absolute Gasteiger partial charge is 0.354 e. The van der Waals surface area contributed by atoms with Crippen LogP contribution in [0.2, 0.25) is 0 Å². The van der Waals surface area contributed by atoms with Gasteiger partial charge in [-0.25, -0.2) is 8.78 Å². The first-order chi connectivity index (χ1) is 13.1. The number of anilines is 2. The number of nitrogens with zero attached hydrogens (tertiary/aromatic N) is 2. The van der Waals surface area contributed by atoms with Crippen molar-refractivity contribution in [3.05, 3.63) is 89.2 Å². The Morgan fingerprint density at radius 3 is 2.59 bits per heavy atom. The monoisotopic (exact) mass is 365 g/mol. The van der Waals surface area contributed by atoms with E-state index in [9.17, 15) is 13.6 Å². The smallest absolute Gasteiger partial charge is 0.255 e. The Bertz CT molecular complexity index is 1010. The van der Waals surface area contributed by atoms with Gasteiger partial charge < -0.3 is 10.2 Å². The number of pyridine rings is 1. The molecule has 1 N–H and O–H groups in total. The fourth-order valence-electron chi connectivity index (χ4n) is 3.22. The van der Waals surface area contributed by atoms with Gasteiger partial charge in [0.25, 0.3) is 5.91 Å². The van der Waals surface area contributed by atoms with E-state index in [0.29, 0.717) is 30.0 Å².